The maximum atomic E-state index is 13.3. The van der Waals surface area contributed by atoms with Crippen molar-refractivity contribution in [2.24, 2.45) is 5.92 Å². The summed E-state index contributed by atoms with van der Waals surface area (Å²) in [7, 11) is 0. The summed E-state index contributed by atoms with van der Waals surface area (Å²) in [5.74, 6) is -0.298. The van der Waals surface area contributed by atoms with Gasteiger partial charge in [-0.25, -0.2) is 9.18 Å². The maximum absolute atomic E-state index is 13.3. The second-order valence-electron chi connectivity index (χ2n) is 5.06. The number of aromatic amines is 1. The van der Waals surface area contributed by atoms with Gasteiger partial charge in [-0.1, -0.05) is 44.0 Å². The van der Waals surface area contributed by atoms with Crippen molar-refractivity contribution >= 4 is 11.6 Å². The molecule has 0 bridgehead atoms. The van der Waals surface area contributed by atoms with Gasteiger partial charge in [0.15, 0.2) is 0 Å². The van der Waals surface area contributed by atoms with Gasteiger partial charge in [0.05, 0.1) is 5.56 Å². The Morgan fingerprint density at radius 1 is 1.38 bits per heavy atom. The predicted molar refractivity (Wildman–Crippen MR) is 81.2 cm³/mol. The van der Waals surface area contributed by atoms with E-state index in [4.69, 9.17) is 11.6 Å². The van der Waals surface area contributed by atoms with Crippen molar-refractivity contribution in [3.63, 3.8) is 0 Å². The summed E-state index contributed by atoms with van der Waals surface area (Å²) in [6, 6.07) is 5.57. The Labute approximate surface area is 126 Å². The van der Waals surface area contributed by atoms with E-state index in [0.29, 0.717) is 12.1 Å². The molecule has 2 aromatic rings. The SMILES string of the molecule is CCC(C)Cn1c(=O)[nH]c(Cl)c(-c2cccc(F)c2)c1=O. The van der Waals surface area contributed by atoms with Crippen molar-refractivity contribution in [2.45, 2.75) is 26.8 Å². The third-order valence-electron chi connectivity index (χ3n) is 3.44. The molecule has 1 atom stereocenters. The van der Waals surface area contributed by atoms with Crippen LogP contribution in [0.5, 0.6) is 0 Å². The third kappa shape index (κ3) is 3.24. The molecule has 0 saturated carbocycles. The Hall–Kier alpha value is -1.88. The Bertz CT molecular complexity index is 767. The van der Waals surface area contributed by atoms with Gasteiger partial charge < -0.3 is 0 Å². The van der Waals surface area contributed by atoms with Gasteiger partial charge in [0.2, 0.25) is 0 Å². The number of nitrogens with one attached hydrogen (secondary N) is 1. The van der Waals surface area contributed by atoms with Gasteiger partial charge >= 0.3 is 5.69 Å². The highest BCUT2D eigenvalue weighted by molar-refractivity contribution is 6.32. The van der Waals surface area contributed by atoms with Gasteiger partial charge in [-0.3, -0.25) is 14.3 Å². The number of halogens is 2. The van der Waals surface area contributed by atoms with Crippen LogP contribution in [0.3, 0.4) is 0 Å². The second-order valence-corrected chi connectivity index (χ2v) is 5.44. The third-order valence-corrected chi connectivity index (χ3v) is 3.73. The van der Waals surface area contributed by atoms with Crippen molar-refractivity contribution in [1.29, 1.82) is 0 Å². The quantitative estimate of drug-likeness (QED) is 0.882. The molecule has 112 valence electrons. The number of hydrogen-bond donors (Lipinski definition) is 1. The van der Waals surface area contributed by atoms with Crippen LogP contribution in [0.4, 0.5) is 4.39 Å². The minimum absolute atomic E-state index is 0.0731. The molecule has 0 saturated heterocycles. The van der Waals surface area contributed by atoms with Crippen molar-refractivity contribution < 1.29 is 4.39 Å². The summed E-state index contributed by atoms with van der Waals surface area (Å²) in [4.78, 5) is 26.9. The Kier molecular flexibility index (Phi) is 4.63. The molecule has 0 aliphatic rings. The standard InChI is InChI=1S/C15H16ClFN2O2/c1-3-9(2)8-19-14(20)12(13(16)18-15(19)21)10-5-4-6-11(17)7-10/h4-7,9H,3,8H2,1-2H3,(H,18,21). The number of nitrogens with zero attached hydrogens (tertiary/aromatic N) is 1. The van der Waals surface area contributed by atoms with Gasteiger partial charge in [0, 0.05) is 6.54 Å². The van der Waals surface area contributed by atoms with Crippen molar-refractivity contribution in [2.75, 3.05) is 0 Å². The van der Waals surface area contributed by atoms with Crippen LogP contribution in [0.25, 0.3) is 11.1 Å². The molecule has 0 radical (unpaired) electrons. The van der Waals surface area contributed by atoms with Crippen LogP contribution in [-0.2, 0) is 6.54 Å². The average Bonchev–Trinajstić information content (AvgIpc) is 2.43. The van der Waals surface area contributed by atoms with E-state index in [9.17, 15) is 14.0 Å². The normalized spacial score (nSPS) is 12.4. The first-order valence-electron chi connectivity index (χ1n) is 6.72. The summed E-state index contributed by atoms with van der Waals surface area (Å²) < 4.78 is 14.4. The predicted octanol–water partition coefficient (Wildman–Crippen LogP) is 3.04. The fraction of sp³-hybridized carbons (Fsp3) is 0.333. The second kappa shape index (κ2) is 6.26. The first-order valence-corrected chi connectivity index (χ1v) is 7.10. The molecular weight excluding hydrogens is 295 g/mol. The summed E-state index contributed by atoms with van der Waals surface area (Å²) >= 11 is 5.97. The Morgan fingerprint density at radius 3 is 2.71 bits per heavy atom. The zero-order valence-corrected chi connectivity index (χ0v) is 12.6. The molecule has 1 aromatic carbocycles. The molecule has 1 unspecified atom stereocenters. The van der Waals surface area contributed by atoms with Gasteiger partial charge in [-0.15, -0.1) is 0 Å². The fourth-order valence-corrected chi connectivity index (χ4v) is 2.32. The lowest BCUT2D eigenvalue weighted by Gasteiger charge is -2.12. The number of aromatic nitrogens is 2. The monoisotopic (exact) mass is 310 g/mol. The molecule has 0 amide bonds. The van der Waals surface area contributed by atoms with Gasteiger partial charge in [0.25, 0.3) is 5.56 Å². The number of rotatable bonds is 4. The van der Waals surface area contributed by atoms with Crippen LogP contribution in [0.1, 0.15) is 20.3 Å². The van der Waals surface area contributed by atoms with E-state index in [-0.39, 0.29) is 16.6 Å². The summed E-state index contributed by atoms with van der Waals surface area (Å²) in [6.45, 7) is 4.22. The highest BCUT2D eigenvalue weighted by atomic mass is 35.5. The molecule has 0 aliphatic heterocycles. The van der Waals surface area contributed by atoms with E-state index in [1.54, 1.807) is 6.07 Å². The lowest BCUT2D eigenvalue weighted by molar-refractivity contribution is 0.447. The summed E-state index contributed by atoms with van der Waals surface area (Å²) in [5, 5.41) is -0.0731. The van der Waals surface area contributed by atoms with Crippen LogP contribution in [0.15, 0.2) is 33.9 Å². The smallest absolute Gasteiger partial charge is 0.297 e. The van der Waals surface area contributed by atoms with Crippen LogP contribution < -0.4 is 11.2 Å². The number of H-pyrrole nitrogens is 1. The zero-order chi connectivity index (χ0) is 15.6. The van der Waals surface area contributed by atoms with Gasteiger partial charge in [0.1, 0.15) is 11.0 Å². The topological polar surface area (TPSA) is 54.9 Å². The molecule has 6 heteroatoms. The molecule has 0 fully saturated rings. The molecule has 1 aromatic heterocycles. The van der Waals surface area contributed by atoms with Crippen LogP contribution in [0, 0.1) is 11.7 Å². The van der Waals surface area contributed by atoms with Crippen LogP contribution in [-0.4, -0.2) is 9.55 Å². The average molecular weight is 311 g/mol. The molecule has 21 heavy (non-hydrogen) atoms. The summed E-state index contributed by atoms with van der Waals surface area (Å²) in [6.07, 6.45) is 0.837. The largest absolute Gasteiger partial charge is 0.329 e. The first kappa shape index (κ1) is 15.5. The van der Waals surface area contributed by atoms with Crippen LogP contribution in [0.2, 0.25) is 5.15 Å². The van der Waals surface area contributed by atoms with E-state index < -0.39 is 17.1 Å². The van der Waals surface area contributed by atoms with Crippen molar-refractivity contribution in [3.8, 4) is 11.1 Å². The zero-order valence-electron chi connectivity index (χ0n) is 11.8. The molecule has 0 spiro atoms. The lowest BCUT2D eigenvalue weighted by Crippen LogP contribution is -2.37. The van der Waals surface area contributed by atoms with Crippen molar-refractivity contribution in [3.05, 3.63) is 56.1 Å². The molecule has 2 rings (SSSR count). The Balaban J connectivity index is 2.65. The maximum Gasteiger partial charge on any atom is 0.329 e. The van der Waals surface area contributed by atoms with Crippen molar-refractivity contribution in [1.82, 2.24) is 9.55 Å². The summed E-state index contributed by atoms with van der Waals surface area (Å²) in [5.41, 5.74) is -0.599. The minimum Gasteiger partial charge on any atom is -0.297 e. The lowest BCUT2D eigenvalue weighted by atomic mass is 10.1. The Morgan fingerprint density at radius 2 is 2.10 bits per heavy atom. The van der Waals surface area contributed by atoms with E-state index in [0.717, 1.165) is 11.0 Å². The van der Waals surface area contributed by atoms with E-state index in [2.05, 4.69) is 4.98 Å². The molecule has 0 aliphatic carbocycles. The first-order chi connectivity index (χ1) is 9.93. The van der Waals surface area contributed by atoms with Gasteiger partial charge in [-0.05, 0) is 23.6 Å². The molecular formula is C15H16ClFN2O2. The molecule has 4 nitrogen and oxygen atoms in total. The van der Waals surface area contributed by atoms with E-state index in [1.807, 2.05) is 13.8 Å². The minimum atomic E-state index is -0.551. The number of hydrogen-bond acceptors (Lipinski definition) is 2. The van der Waals surface area contributed by atoms with Gasteiger partial charge in [-0.2, -0.15) is 0 Å². The van der Waals surface area contributed by atoms with E-state index in [1.165, 1.54) is 18.2 Å². The van der Waals surface area contributed by atoms with E-state index >= 15 is 0 Å². The van der Waals surface area contributed by atoms with Crippen LogP contribution >= 0.6 is 11.6 Å². The number of benzene rings is 1. The fourth-order valence-electron chi connectivity index (χ4n) is 2.05. The highest BCUT2D eigenvalue weighted by Gasteiger charge is 2.16. The molecule has 1 heterocycles. The highest BCUT2D eigenvalue weighted by Crippen LogP contribution is 2.22. The molecule has 1 N–H and O–H groups in total.